The average Bonchev–Trinajstić information content (AvgIpc) is 3.43. The van der Waals surface area contributed by atoms with E-state index in [1.54, 1.807) is 6.07 Å². The lowest BCUT2D eigenvalue weighted by Gasteiger charge is -2.12. The number of benzene rings is 2. The molecule has 29 heavy (non-hydrogen) atoms. The smallest absolute Gasteiger partial charge is 0.262 e. The largest absolute Gasteiger partial charge is 0.483 e. The monoisotopic (exact) mass is 393 g/mol. The van der Waals surface area contributed by atoms with Crippen molar-refractivity contribution in [2.75, 3.05) is 19.8 Å². The van der Waals surface area contributed by atoms with E-state index in [9.17, 15) is 4.79 Å². The van der Waals surface area contributed by atoms with Crippen LogP contribution in [0.3, 0.4) is 0 Å². The van der Waals surface area contributed by atoms with Crippen LogP contribution in [0.1, 0.15) is 18.4 Å². The van der Waals surface area contributed by atoms with E-state index in [4.69, 9.17) is 14.0 Å². The fourth-order valence-corrected chi connectivity index (χ4v) is 3.23. The Balaban J connectivity index is 1.42. The third-order valence-corrected chi connectivity index (χ3v) is 4.73. The molecule has 0 spiro atoms. The second kappa shape index (κ2) is 8.87. The fourth-order valence-electron chi connectivity index (χ4n) is 3.23. The minimum absolute atomic E-state index is 0.0946. The van der Waals surface area contributed by atoms with E-state index < -0.39 is 0 Å². The minimum Gasteiger partial charge on any atom is -0.483 e. The van der Waals surface area contributed by atoms with Gasteiger partial charge in [0, 0.05) is 18.7 Å². The zero-order valence-electron chi connectivity index (χ0n) is 16.3. The predicted octanol–water partition coefficient (Wildman–Crippen LogP) is 3.39. The van der Waals surface area contributed by atoms with Crippen molar-refractivity contribution in [3.05, 3.63) is 54.1 Å². The molecule has 0 unspecified atom stereocenters. The van der Waals surface area contributed by atoms with Crippen molar-refractivity contribution in [2.24, 2.45) is 0 Å². The van der Waals surface area contributed by atoms with Gasteiger partial charge in [0.1, 0.15) is 5.75 Å². The van der Waals surface area contributed by atoms with Crippen molar-refractivity contribution in [1.29, 1.82) is 0 Å². The Bertz CT molecular complexity index is 979. The number of carbonyl (C=O) groups excluding carboxylic acids is 1. The van der Waals surface area contributed by atoms with Crippen molar-refractivity contribution in [3.63, 3.8) is 0 Å². The number of hydrogen-bond donors (Lipinski definition) is 1. The number of carbonyl (C=O) groups is 1. The van der Waals surface area contributed by atoms with Gasteiger partial charge in [-0.15, -0.1) is 0 Å². The Morgan fingerprint density at radius 2 is 2.14 bits per heavy atom. The van der Waals surface area contributed by atoms with Gasteiger partial charge in [0.2, 0.25) is 5.82 Å². The number of ether oxygens (including phenoxy) is 2. The summed E-state index contributed by atoms with van der Waals surface area (Å²) in [7, 11) is 0. The molecule has 4 rings (SSSR count). The Labute approximate surface area is 169 Å². The van der Waals surface area contributed by atoms with Crippen LogP contribution in [0.5, 0.6) is 5.75 Å². The van der Waals surface area contributed by atoms with Gasteiger partial charge in [0.15, 0.2) is 6.61 Å². The van der Waals surface area contributed by atoms with Crippen LogP contribution in [0.2, 0.25) is 0 Å². The summed E-state index contributed by atoms with van der Waals surface area (Å²) in [4.78, 5) is 16.6. The van der Waals surface area contributed by atoms with Gasteiger partial charge >= 0.3 is 0 Å². The summed E-state index contributed by atoms with van der Waals surface area (Å²) >= 11 is 0. The second-order valence-electron chi connectivity index (χ2n) is 7.02. The van der Waals surface area contributed by atoms with E-state index in [0.717, 1.165) is 30.6 Å². The molecule has 0 saturated carbocycles. The van der Waals surface area contributed by atoms with Crippen molar-refractivity contribution in [2.45, 2.75) is 25.9 Å². The molecule has 0 radical (unpaired) electrons. The molecule has 0 bridgehead atoms. The fraction of sp³-hybridized carbons (Fsp3) is 0.318. The molecular weight excluding hydrogens is 370 g/mol. The Hall–Kier alpha value is -3.19. The van der Waals surface area contributed by atoms with Crippen LogP contribution in [0, 0.1) is 6.92 Å². The van der Waals surface area contributed by atoms with Gasteiger partial charge in [-0.05, 0) is 38.0 Å². The molecule has 7 nitrogen and oxygen atoms in total. The topological polar surface area (TPSA) is 86.5 Å². The van der Waals surface area contributed by atoms with Gasteiger partial charge in [0.05, 0.1) is 11.7 Å². The maximum absolute atomic E-state index is 12.1. The lowest BCUT2D eigenvalue weighted by Crippen LogP contribution is -2.35. The van der Waals surface area contributed by atoms with E-state index in [2.05, 4.69) is 15.5 Å². The zero-order chi connectivity index (χ0) is 20.1. The number of para-hydroxylation sites is 1. The molecule has 1 atom stereocenters. The summed E-state index contributed by atoms with van der Waals surface area (Å²) in [5.41, 5.74) is 2.64. The highest BCUT2D eigenvalue weighted by Gasteiger charge is 2.18. The molecular formula is C22H23N3O4. The van der Waals surface area contributed by atoms with Gasteiger partial charge in [-0.3, -0.25) is 4.79 Å². The molecule has 1 amide bonds. The van der Waals surface area contributed by atoms with Crippen LogP contribution in [-0.4, -0.2) is 41.9 Å². The minimum atomic E-state index is -0.193. The number of aromatic nitrogens is 2. The predicted molar refractivity (Wildman–Crippen MR) is 107 cm³/mol. The Morgan fingerprint density at radius 1 is 1.24 bits per heavy atom. The number of amides is 1. The molecule has 1 fully saturated rings. The Kier molecular flexibility index (Phi) is 5.86. The number of nitrogens with zero attached hydrogens (tertiary/aromatic N) is 2. The average molecular weight is 393 g/mol. The van der Waals surface area contributed by atoms with Gasteiger partial charge in [-0.2, -0.15) is 4.98 Å². The maximum atomic E-state index is 12.1. The summed E-state index contributed by atoms with van der Waals surface area (Å²) in [6.07, 6.45) is 2.12. The second-order valence-corrected chi connectivity index (χ2v) is 7.02. The van der Waals surface area contributed by atoms with Crippen molar-refractivity contribution < 1.29 is 18.8 Å². The Morgan fingerprint density at radius 3 is 2.97 bits per heavy atom. The summed E-state index contributed by atoms with van der Waals surface area (Å²) in [5.74, 6) is 1.17. The molecule has 150 valence electrons. The van der Waals surface area contributed by atoms with Gasteiger partial charge in [0.25, 0.3) is 11.8 Å². The first-order valence-corrected chi connectivity index (χ1v) is 9.70. The molecule has 1 saturated heterocycles. The lowest BCUT2D eigenvalue weighted by molar-refractivity contribution is -0.123. The van der Waals surface area contributed by atoms with Crippen molar-refractivity contribution in [3.8, 4) is 28.6 Å². The van der Waals surface area contributed by atoms with Gasteiger partial charge < -0.3 is 19.3 Å². The van der Waals surface area contributed by atoms with Crippen LogP contribution in [-0.2, 0) is 9.53 Å². The van der Waals surface area contributed by atoms with E-state index in [1.807, 2.05) is 49.4 Å². The highest BCUT2D eigenvalue weighted by molar-refractivity contribution is 5.78. The SMILES string of the molecule is Cc1cccc(-c2noc(-c3ccccc3OCC(=O)NC[C@@H]3CCCO3)n2)c1. The maximum Gasteiger partial charge on any atom is 0.262 e. The molecule has 1 aliphatic heterocycles. The molecule has 1 aromatic heterocycles. The zero-order valence-corrected chi connectivity index (χ0v) is 16.3. The molecule has 0 aliphatic carbocycles. The van der Waals surface area contributed by atoms with E-state index in [-0.39, 0.29) is 18.6 Å². The summed E-state index contributed by atoms with van der Waals surface area (Å²) in [6.45, 7) is 3.19. The van der Waals surface area contributed by atoms with E-state index in [0.29, 0.717) is 29.6 Å². The van der Waals surface area contributed by atoms with Gasteiger partial charge in [-0.1, -0.05) is 41.1 Å². The highest BCUT2D eigenvalue weighted by Crippen LogP contribution is 2.30. The molecule has 7 heteroatoms. The highest BCUT2D eigenvalue weighted by atomic mass is 16.5. The number of aryl methyl sites for hydroxylation is 1. The summed E-state index contributed by atoms with van der Waals surface area (Å²) < 4.78 is 16.7. The van der Waals surface area contributed by atoms with Crippen LogP contribution >= 0.6 is 0 Å². The van der Waals surface area contributed by atoms with Crippen LogP contribution in [0.15, 0.2) is 53.1 Å². The first-order chi connectivity index (χ1) is 14.2. The lowest BCUT2D eigenvalue weighted by atomic mass is 10.1. The standard InChI is InChI=1S/C22H23N3O4/c1-15-6-4-7-16(12-15)21-24-22(29-25-21)18-9-2-3-10-19(18)28-14-20(26)23-13-17-8-5-11-27-17/h2-4,6-7,9-10,12,17H,5,8,11,13-14H2,1H3,(H,23,26)/t17-/m0/s1. The quantitative estimate of drug-likeness (QED) is 0.662. The molecule has 3 aromatic rings. The molecule has 2 aromatic carbocycles. The first-order valence-electron chi connectivity index (χ1n) is 9.70. The summed E-state index contributed by atoms with van der Waals surface area (Å²) in [6, 6.07) is 15.2. The number of hydrogen-bond acceptors (Lipinski definition) is 6. The van der Waals surface area contributed by atoms with Crippen LogP contribution < -0.4 is 10.1 Å². The number of nitrogens with one attached hydrogen (secondary N) is 1. The van der Waals surface area contributed by atoms with E-state index >= 15 is 0 Å². The van der Waals surface area contributed by atoms with Crippen LogP contribution in [0.25, 0.3) is 22.8 Å². The van der Waals surface area contributed by atoms with Crippen LogP contribution in [0.4, 0.5) is 0 Å². The van der Waals surface area contributed by atoms with Crippen molar-refractivity contribution >= 4 is 5.91 Å². The normalized spacial score (nSPS) is 16.0. The third-order valence-electron chi connectivity index (χ3n) is 4.73. The first kappa shape index (κ1) is 19.1. The third kappa shape index (κ3) is 4.81. The molecule has 2 heterocycles. The summed E-state index contributed by atoms with van der Waals surface area (Å²) in [5, 5.41) is 6.92. The van der Waals surface area contributed by atoms with E-state index in [1.165, 1.54) is 0 Å². The number of rotatable bonds is 7. The molecule has 1 N–H and O–H groups in total. The van der Waals surface area contributed by atoms with Crippen molar-refractivity contribution in [1.82, 2.24) is 15.5 Å². The molecule has 1 aliphatic rings. The van der Waals surface area contributed by atoms with Gasteiger partial charge in [-0.25, -0.2) is 0 Å².